The van der Waals surface area contributed by atoms with Gasteiger partial charge in [0.15, 0.2) is 9.84 Å². The zero-order chi connectivity index (χ0) is 12.8. The lowest BCUT2D eigenvalue weighted by atomic mass is 10.1. The highest BCUT2D eigenvalue weighted by Gasteiger charge is 2.33. The molecule has 0 aliphatic carbocycles. The fourth-order valence-corrected chi connectivity index (χ4v) is 5.01. The molecule has 0 bridgehead atoms. The van der Waals surface area contributed by atoms with Gasteiger partial charge in [-0.2, -0.15) is 4.98 Å². The van der Waals surface area contributed by atoms with E-state index < -0.39 is 9.84 Å². The highest BCUT2D eigenvalue weighted by Crippen LogP contribution is 2.31. The molecular weight excluding hydrogens is 340 g/mol. The molecule has 1 saturated heterocycles. The molecule has 0 aromatic carbocycles. The quantitative estimate of drug-likeness (QED) is 0.833. The van der Waals surface area contributed by atoms with Crippen molar-refractivity contribution in [3.63, 3.8) is 0 Å². The standard InChI is InChI=1S/C10H9BrN2O3S2/c11-7-3-8(17-4-7)9-12-10(16-13-9)6-1-2-18(14,15)5-6/h3-4,6H,1-2,5H2/t6-/m0/s1. The third-order valence-corrected chi connectivity index (χ3v) is 6.27. The fourth-order valence-electron chi connectivity index (χ4n) is 1.92. The van der Waals surface area contributed by atoms with E-state index in [9.17, 15) is 8.42 Å². The average Bonchev–Trinajstić information content (AvgIpc) is 2.96. The summed E-state index contributed by atoms with van der Waals surface area (Å²) in [6, 6.07) is 1.91. The van der Waals surface area contributed by atoms with E-state index in [2.05, 4.69) is 26.1 Å². The number of halogens is 1. The summed E-state index contributed by atoms with van der Waals surface area (Å²) >= 11 is 4.87. The Labute approximate surface area is 116 Å². The van der Waals surface area contributed by atoms with Crippen LogP contribution in [-0.2, 0) is 9.84 Å². The Hall–Kier alpha value is -0.730. The zero-order valence-electron chi connectivity index (χ0n) is 9.17. The summed E-state index contributed by atoms with van der Waals surface area (Å²) < 4.78 is 28.9. The summed E-state index contributed by atoms with van der Waals surface area (Å²) in [6.07, 6.45) is 0.568. The number of hydrogen-bond donors (Lipinski definition) is 0. The number of nitrogens with zero attached hydrogens (tertiary/aromatic N) is 2. The van der Waals surface area contributed by atoms with E-state index in [1.165, 1.54) is 11.3 Å². The summed E-state index contributed by atoms with van der Waals surface area (Å²) in [6.45, 7) is 0. The molecule has 5 nitrogen and oxygen atoms in total. The van der Waals surface area contributed by atoms with Crippen molar-refractivity contribution in [1.29, 1.82) is 0 Å². The molecule has 1 atom stereocenters. The summed E-state index contributed by atoms with van der Waals surface area (Å²) in [4.78, 5) is 5.19. The van der Waals surface area contributed by atoms with Crippen LogP contribution >= 0.6 is 27.3 Å². The first-order chi connectivity index (χ1) is 8.53. The van der Waals surface area contributed by atoms with Crippen LogP contribution in [0.15, 0.2) is 20.4 Å². The van der Waals surface area contributed by atoms with Gasteiger partial charge >= 0.3 is 0 Å². The molecule has 0 N–H and O–H groups in total. The molecule has 96 valence electrons. The second-order valence-electron chi connectivity index (χ2n) is 4.19. The highest BCUT2D eigenvalue weighted by molar-refractivity contribution is 9.10. The topological polar surface area (TPSA) is 73.1 Å². The van der Waals surface area contributed by atoms with Crippen molar-refractivity contribution >= 4 is 37.1 Å². The van der Waals surface area contributed by atoms with Crippen molar-refractivity contribution in [3.05, 3.63) is 21.8 Å². The molecule has 1 aliphatic rings. The van der Waals surface area contributed by atoms with Crippen LogP contribution in [0.1, 0.15) is 18.2 Å². The lowest BCUT2D eigenvalue weighted by molar-refractivity contribution is 0.361. The number of aromatic nitrogens is 2. The van der Waals surface area contributed by atoms with E-state index in [1.54, 1.807) is 0 Å². The normalized spacial score (nSPS) is 22.4. The Morgan fingerprint density at radius 3 is 2.94 bits per heavy atom. The largest absolute Gasteiger partial charge is 0.339 e. The van der Waals surface area contributed by atoms with Gasteiger partial charge in [0.1, 0.15) is 0 Å². The molecule has 3 rings (SSSR count). The molecule has 0 amide bonds. The smallest absolute Gasteiger partial charge is 0.231 e. The van der Waals surface area contributed by atoms with Gasteiger partial charge in [0.25, 0.3) is 0 Å². The van der Waals surface area contributed by atoms with Crippen molar-refractivity contribution in [2.24, 2.45) is 0 Å². The maximum atomic E-state index is 11.4. The summed E-state index contributed by atoms with van der Waals surface area (Å²) in [5.74, 6) is 1.11. The molecule has 1 fully saturated rings. The maximum Gasteiger partial charge on any atom is 0.231 e. The Bertz CT molecular complexity index is 677. The van der Waals surface area contributed by atoms with Gasteiger partial charge in [0.2, 0.25) is 11.7 Å². The van der Waals surface area contributed by atoms with Crippen molar-refractivity contribution in [2.45, 2.75) is 12.3 Å². The Morgan fingerprint density at radius 2 is 2.33 bits per heavy atom. The van der Waals surface area contributed by atoms with Crippen LogP contribution in [0, 0.1) is 0 Å². The van der Waals surface area contributed by atoms with Crippen LogP contribution in [0.5, 0.6) is 0 Å². The third-order valence-electron chi connectivity index (χ3n) is 2.81. The van der Waals surface area contributed by atoms with Gasteiger partial charge in [-0.05, 0) is 28.4 Å². The lowest BCUT2D eigenvalue weighted by Gasteiger charge is -1.97. The van der Waals surface area contributed by atoms with Crippen molar-refractivity contribution in [1.82, 2.24) is 10.1 Å². The highest BCUT2D eigenvalue weighted by atomic mass is 79.9. The molecule has 0 radical (unpaired) electrons. The molecule has 18 heavy (non-hydrogen) atoms. The van der Waals surface area contributed by atoms with Crippen molar-refractivity contribution < 1.29 is 12.9 Å². The first kappa shape index (κ1) is 12.3. The predicted molar refractivity (Wildman–Crippen MR) is 71.3 cm³/mol. The van der Waals surface area contributed by atoms with Crippen LogP contribution in [0.2, 0.25) is 0 Å². The van der Waals surface area contributed by atoms with Crippen LogP contribution in [0.4, 0.5) is 0 Å². The number of hydrogen-bond acceptors (Lipinski definition) is 6. The summed E-state index contributed by atoms with van der Waals surface area (Å²) in [5.41, 5.74) is 0. The molecule has 1 aliphatic heterocycles. The number of rotatable bonds is 2. The SMILES string of the molecule is O=S1(=O)CC[C@H](c2nc(-c3cc(Br)cs3)no2)C1. The van der Waals surface area contributed by atoms with Crippen LogP contribution < -0.4 is 0 Å². The van der Waals surface area contributed by atoms with Crippen LogP contribution in [-0.4, -0.2) is 30.1 Å². The second kappa shape index (κ2) is 4.43. The molecule has 2 aromatic heterocycles. The molecule has 0 saturated carbocycles. The van der Waals surface area contributed by atoms with Crippen molar-refractivity contribution in [3.8, 4) is 10.7 Å². The molecule has 3 heterocycles. The third kappa shape index (κ3) is 2.36. The summed E-state index contributed by atoms with van der Waals surface area (Å²) in [7, 11) is -2.93. The van der Waals surface area contributed by atoms with E-state index in [-0.39, 0.29) is 17.4 Å². The number of thiophene rings is 1. The predicted octanol–water partition coefficient (Wildman–Crippen LogP) is 2.46. The first-order valence-corrected chi connectivity index (χ1v) is 8.81. The van der Waals surface area contributed by atoms with Gasteiger partial charge in [-0.15, -0.1) is 11.3 Å². The minimum atomic E-state index is -2.93. The molecule has 8 heteroatoms. The van der Waals surface area contributed by atoms with Gasteiger partial charge in [-0.3, -0.25) is 0 Å². The van der Waals surface area contributed by atoms with Crippen LogP contribution in [0.3, 0.4) is 0 Å². The minimum Gasteiger partial charge on any atom is -0.339 e. The van der Waals surface area contributed by atoms with E-state index in [4.69, 9.17) is 4.52 Å². The average molecular weight is 349 g/mol. The zero-order valence-corrected chi connectivity index (χ0v) is 12.4. The van der Waals surface area contributed by atoms with Gasteiger partial charge in [-0.1, -0.05) is 5.16 Å². The van der Waals surface area contributed by atoms with E-state index >= 15 is 0 Å². The monoisotopic (exact) mass is 348 g/mol. The van der Waals surface area contributed by atoms with E-state index in [1.807, 2.05) is 11.4 Å². The van der Waals surface area contributed by atoms with Crippen LogP contribution in [0.25, 0.3) is 10.7 Å². The Balaban J connectivity index is 1.86. The van der Waals surface area contributed by atoms with E-state index in [0.29, 0.717) is 18.1 Å². The Kier molecular flexibility index (Phi) is 3.03. The lowest BCUT2D eigenvalue weighted by Crippen LogP contribution is -2.03. The van der Waals surface area contributed by atoms with Gasteiger partial charge in [0, 0.05) is 9.85 Å². The van der Waals surface area contributed by atoms with Crippen molar-refractivity contribution in [2.75, 3.05) is 11.5 Å². The molecular formula is C10H9BrN2O3S2. The summed E-state index contributed by atoms with van der Waals surface area (Å²) in [5, 5.41) is 5.84. The van der Waals surface area contributed by atoms with Gasteiger partial charge < -0.3 is 4.52 Å². The fraction of sp³-hybridized carbons (Fsp3) is 0.400. The molecule has 0 unspecified atom stereocenters. The maximum absolute atomic E-state index is 11.4. The number of sulfone groups is 1. The van der Waals surface area contributed by atoms with Gasteiger partial charge in [-0.25, -0.2) is 8.42 Å². The van der Waals surface area contributed by atoms with E-state index in [0.717, 1.165) is 9.35 Å². The molecule has 2 aromatic rings. The second-order valence-corrected chi connectivity index (χ2v) is 8.24. The Morgan fingerprint density at radius 1 is 1.50 bits per heavy atom. The molecule has 0 spiro atoms. The first-order valence-electron chi connectivity index (χ1n) is 5.32. The van der Waals surface area contributed by atoms with Gasteiger partial charge in [0.05, 0.1) is 22.3 Å². The minimum absolute atomic E-state index is 0.114.